The van der Waals surface area contributed by atoms with Crippen molar-refractivity contribution in [3.05, 3.63) is 42.1 Å². The molecular formula is C17H21N3O. The molecule has 3 N–H and O–H groups in total. The summed E-state index contributed by atoms with van der Waals surface area (Å²) >= 11 is 0. The van der Waals surface area contributed by atoms with Crippen LogP contribution in [-0.2, 0) is 0 Å². The zero-order chi connectivity index (χ0) is 14.7. The van der Waals surface area contributed by atoms with E-state index < -0.39 is 0 Å². The normalized spacial score (nSPS) is 17.0. The van der Waals surface area contributed by atoms with Crippen molar-refractivity contribution in [2.45, 2.75) is 31.7 Å². The first-order chi connectivity index (χ1) is 10.3. The molecule has 1 aliphatic carbocycles. The third-order valence-corrected chi connectivity index (χ3v) is 4.40. The Balaban J connectivity index is 1.76. The monoisotopic (exact) mass is 283 g/mol. The van der Waals surface area contributed by atoms with Crippen molar-refractivity contribution >= 4 is 16.8 Å². The average molecular weight is 283 g/mol. The van der Waals surface area contributed by atoms with Crippen molar-refractivity contribution in [1.82, 2.24) is 10.3 Å². The Hall–Kier alpha value is -1.94. The topological polar surface area (TPSA) is 68.0 Å². The van der Waals surface area contributed by atoms with Gasteiger partial charge in [-0.2, -0.15) is 0 Å². The zero-order valence-electron chi connectivity index (χ0n) is 12.1. The van der Waals surface area contributed by atoms with Gasteiger partial charge in [0.25, 0.3) is 5.91 Å². The molecule has 3 rings (SSSR count). The van der Waals surface area contributed by atoms with Gasteiger partial charge in [0.2, 0.25) is 0 Å². The van der Waals surface area contributed by atoms with Crippen molar-refractivity contribution in [3.63, 3.8) is 0 Å². The number of hydrogen-bond donors (Lipinski definition) is 2. The summed E-state index contributed by atoms with van der Waals surface area (Å²) in [4.78, 5) is 16.7. The lowest BCUT2D eigenvalue weighted by Gasteiger charge is -2.23. The number of nitrogens with zero attached hydrogens (tertiary/aromatic N) is 1. The maximum atomic E-state index is 12.4. The van der Waals surface area contributed by atoms with E-state index >= 15 is 0 Å². The van der Waals surface area contributed by atoms with Crippen LogP contribution >= 0.6 is 0 Å². The first-order valence-electron chi connectivity index (χ1n) is 7.63. The standard InChI is InChI=1S/C17H21N3O/c18-11-16(12-4-1-2-5-12)20-17(21)14-7-8-15-13(10-14)6-3-9-19-15/h3,6-10,12,16H,1-2,4-5,11,18H2,(H,20,21). The number of pyridine rings is 1. The Kier molecular flexibility index (Phi) is 4.15. The first-order valence-corrected chi connectivity index (χ1v) is 7.63. The lowest BCUT2D eigenvalue weighted by atomic mass is 9.97. The highest BCUT2D eigenvalue weighted by Gasteiger charge is 2.25. The molecule has 0 aliphatic heterocycles. The largest absolute Gasteiger partial charge is 0.348 e. The van der Waals surface area contributed by atoms with E-state index in [9.17, 15) is 4.79 Å². The number of nitrogens with two attached hydrogens (primary N) is 1. The summed E-state index contributed by atoms with van der Waals surface area (Å²) in [7, 11) is 0. The molecule has 1 atom stereocenters. The predicted octanol–water partition coefficient (Wildman–Crippen LogP) is 2.48. The molecular weight excluding hydrogens is 262 g/mol. The molecule has 1 aliphatic rings. The summed E-state index contributed by atoms with van der Waals surface area (Å²) in [5, 5.41) is 4.09. The summed E-state index contributed by atoms with van der Waals surface area (Å²) in [5.74, 6) is 0.490. The molecule has 1 amide bonds. The molecule has 4 nitrogen and oxygen atoms in total. The Labute approximate surface area is 124 Å². The van der Waals surface area contributed by atoms with Gasteiger partial charge in [0.05, 0.1) is 5.52 Å². The Bertz CT molecular complexity index is 635. The van der Waals surface area contributed by atoms with Crippen LogP contribution in [0.1, 0.15) is 36.0 Å². The second-order valence-corrected chi connectivity index (χ2v) is 5.77. The molecule has 1 fully saturated rings. The third kappa shape index (κ3) is 3.05. The van der Waals surface area contributed by atoms with E-state index in [4.69, 9.17) is 5.73 Å². The number of hydrogen-bond acceptors (Lipinski definition) is 3. The number of carbonyl (C=O) groups excluding carboxylic acids is 1. The lowest BCUT2D eigenvalue weighted by molar-refractivity contribution is 0.0924. The van der Waals surface area contributed by atoms with Crippen molar-refractivity contribution in [2.75, 3.05) is 6.54 Å². The second kappa shape index (κ2) is 6.22. The minimum atomic E-state index is -0.0388. The number of benzene rings is 1. The van der Waals surface area contributed by atoms with Gasteiger partial charge in [-0.05, 0) is 43.0 Å². The van der Waals surface area contributed by atoms with E-state index in [2.05, 4.69) is 10.3 Å². The van der Waals surface area contributed by atoms with Crippen molar-refractivity contribution in [1.29, 1.82) is 0 Å². The minimum Gasteiger partial charge on any atom is -0.348 e. The van der Waals surface area contributed by atoms with Crippen LogP contribution in [0.5, 0.6) is 0 Å². The number of amides is 1. The fourth-order valence-electron chi connectivity index (χ4n) is 3.20. The highest BCUT2D eigenvalue weighted by Crippen LogP contribution is 2.27. The van der Waals surface area contributed by atoms with Crippen LogP contribution in [0.2, 0.25) is 0 Å². The highest BCUT2D eigenvalue weighted by atomic mass is 16.1. The zero-order valence-corrected chi connectivity index (χ0v) is 12.1. The molecule has 0 spiro atoms. The average Bonchev–Trinajstić information content (AvgIpc) is 3.06. The highest BCUT2D eigenvalue weighted by molar-refractivity contribution is 5.98. The fraction of sp³-hybridized carbons (Fsp3) is 0.412. The molecule has 1 saturated carbocycles. The number of fused-ring (bicyclic) bond motifs is 1. The molecule has 1 aromatic carbocycles. The molecule has 0 radical (unpaired) electrons. The van der Waals surface area contributed by atoms with Gasteiger partial charge in [-0.3, -0.25) is 9.78 Å². The third-order valence-electron chi connectivity index (χ3n) is 4.40. The van der Waals surface area contributed by atoms with E-state index in [1.807, 2.05) is 30.3 Å². The molecule has 0 saturated heterocycles. The van der Waals surface area contributed by atoms with Crippen LogP contribution in [0, 0.1) is 5.92 Å². The predicted molar refractivity (Wildman–Crippen MR) is 84.0 cm³/mol. The molecule has 1 aromatic heterocycles. The van der Waals surface area contributed by atoms with Crippen LogP contribution in [0.15, 0.2) is 36.5 Å². The minimum absolute atomic E-state index is 0.0388. The molecule has 110 valence electrons. The van der Waals surface area contributed by atoms with E-state index in [1.165, 1.54) is 25.7 Å². The van der Waals surface area contributed by atoms with Gasteiger partial charge in [0.1, 0.15) is 0 Å². The Morgan fingerprint density at radius 1 is 1.33 bits per heavy atom. The molecule has 2 aromatic rings. The van der Waals surface area contributed by atoms with Gasteiger partial charge in [-0.25, -0.2) is 0 Å². The number of carbonyl (C=O) groups is 1. The van der Waals surface area contributed by atoms with Gasteiger partial charge in [0, 0.05) is 29.7 Å². The van der Waals surface area contributed by atoms with Gasteiger partial charge in [-0.15, -0.1) is 0 Å². The van der Waals surface area contributed by atoms with Crippen molar-refractivity contribution < 1.29 is 4.79 Å². The summed E-state index contributed by atoms with van der Waals surface area (Å²) < 4.78 is 0. The van der Waals surface area contributed by atoms with Crippen LogP contribution in [0.25, 0.3) is 10.9 Å². The number of aromatic nitrogens is 1. The maximum absolute atomic E-state index is 12.4. The van der Waals surface area contributed by atoms with E-state index in [0.29, 0.717) is 18.0 Å². The van der Waals surface area contributed by atoms with Gasteiger partial charge in [-0.1, -0.05) is 18.9 Å². The molecule has 0 bridgehead atoms. The van der Waals surface area contributed by atoms with E-state index in [-0.39, 0.29) is 11.9 Å². The van der Waals surface area contributed by atoms with Gasteiger partial charge in [0.15, 0.2) is 0 Å². The van der Waals surface area contributed by atoms with Gasteiger partial charge < -0.3 is 11.1 Å². The summed E-state index contributed by atoms with van der Waals surface area (Å²) in [5.41, 5.74) is 7.42. The quantitative estimate of drug-likeness (QED) is 0.905. The molecule has 1 heterocycles. The number of rotatable bonds is 4. The molecule has 21 heavy (non-hydrogen) atoms. The lowest BCUT2D eigenvalue weighted by Crippen LogP contribution is -2.44. The van der Waals surface area contributed by atoms with Crippen LogP contribution in [0.3, 0.4) is 0 Å². The summed E-state index contributed by atoms with van der Waals surface area (Å²) in [6, 6.07) is 9.54. The van der Waals surface area contributed by atoms with Gasteiger partial charge >= 0.3 is 0 Å². The van der Waals surface area contributed by atoms with E-state index in [0.717, 1.165) is 10.9 Å². The van der Waals surface area contributed by atoms with Crippen LogP contribution < -0.4 is 11.1 Å². The smallest absolute Gasteiger partial charge is 0.251 e. The number of nitrogens with one attached hydrogen (secondary N) is 1. The fourth-order valence-corrected chi connectivity index (χ4v) is 3.20. The Morgan fingerprint density at radius 2 is 2.14 bits per heavy atom. The first kappa shape index (κ1) is 14.0. The van der Waals surface area contributed by atoms with Crippen molar-refractivity contribution in [3.8, 4) is 0 Å². The molecule has 4 heteroatoms. The Morgan fingerprint density at radius 3 is 2.90 bits per heavy atom. The summed E-state index contributed by atoms with van der Waals surface area (Å²) in [6.45, 7) is 0.505. The van der Waals surface area contributed by atoms with Crippen LogP contribution in [0.4, 0.5) is 0 Å². The summed E-state index contributed by atoms with van der Waals surface area (Å²) in [6.07, 6.45) is 6.59. The SMILES string of the molecule is NCC(NC(=O)c1ccc2ncccc2c1)C1CCCC1. The van der Waals surface area contributed by atoms with Crippen molar-refractivity contribution in [2.24, 2.45) is 11.7 Å². The van der Waals surface area contributed by atoms with E-state index in [1.54, 1.807) is 6.20 Å². The maximum Gasteiger partial charge on any atom is 0.251 e. The second-order valence-electron chi connectivity index (χ2n) is 5.77. The molecule has 1 unspecified atom stereocenters. The van der Waals surface area contributed by atoms with Crippen LogP contribution in [-0.4, -0.2) is 23.5 Å².